The van der Waals surface area contributed by atoms with Crippen LogP contribution >= 0.6 is 11.8 Å². The molecule has 152 valence electrons. The Morgan fingerprint density at radius 3 is 2.69 bits per heavy atom. The van der Waals surface area contributed by atoms with Gasteiger partial charge in [0.2, 0.25) is 5.91 Å². The number of aromatic nitrogens is 3. The van der Waals surface area contributed by atoms with Gasteiger partial charge in [0.15, 0.2) is 28.7 Å². The van der Waals surface area contributed by atoms with Gasteiger partial charge in [0, 0.05) is 13.1 Å². The van der Waals surface area contributed by atoms with Crippen molar-refractivity contribution >= 4 is 23.4 Å². The molecule has 0 fully saturated rings. The third-order valence-corrected chi connectivity index (χ3v) is 4.93. The summed E-state index contributed by atoms with van der Waals surface area (Å²) in [5.41, 5.74) is -0.235. The molecule has 1 amide bonds. The fourth-order valence-electron chi connectivity index (χ4n) is 2.50. The highest BCUT2D eigenvalue weighted by molar-refractivity contribution is 7.99. The molecular formula is C19H17F3N4O2S. The molecule has 0 saturated heterocycles. The summed E-state index contributed by atoms with van der Waals surface area (Å²) in [5.74, 6) is -1.97. The van der Waals surface area contributed by atoms with Crippen LogP contribution in [0, 0.1) is 17.5 Å². The van der Waals surface area contributed by atoms with Crippen LogP contribution in [0.3, 0.4) is 0 Å². The molecule has 0 bridgehead atoms. The Bertz CT molecular complexity index is 1030. The van der Waals surface area contributed by atoms with E-state index in [1.807, 2.05) is 0 Å². The van der Waals surface area contributed by atoms with Gasteiger partial charge in [-0.25, -0.2) is 13.2 Å². The second-order valence-corrected chi connectivity index (χ2v) is 6.99. The number of hydrogen-bond donors (Lipinski definition) is 1. The van der Waals surface area contributed by atoms with Crippen LogP contribution in [-0.4, -0.2) is 26.4 Å². The van der Waals surface area contributed by atoms with Gasteiger partial charge in [0.25, 0.3) is 0 Å². The highest BCUT2D eigenvalue weighted by Gasteiger charge is 2.19. The quantitative estimate of drug-likeness (QED) is 0.581. The number of amides is 1. The minimum atomic E-state index is -0.732. The highest BCUT2D eigenvalue weighted by atomic mass is 32.2. The van der Waals surface area contributed by atoms with E-state index in [0.29, 0.717) is 11.0 Å². The second-order valence-electron chi connectivity index (χ2n) is 6.05. The largest absolute Gasteiger partial charge is 0.480 e. The normalized spacial score (nSPS) is 11.9. The lowest BCUT2D eigenvalue weighted by Crippen LogP contribution is -2.16. The van der Waals surface area contributed by atoms with Gasteiger partial charge in [-0.3, -0.25) is 4.79 Å². The van der Waals surface area contributed by atoms with E-state index in [1.165, 1.54) is 12.1 Å². The van der Waals surface area contributed by atoms with Gasteiger partial charge >= 0.3 is 0 Å². The van der Waals surface area contributed by atoms with Crippen LogP contribution < -0.4 is 10.1 Å². The van der Waals surface area contributed by atoms with E-state index in [1.54, 1.807) is 30.7 Å². The predicted molar refractivity (Wildman–Crippen MR) is 102 cm³/mol. The first-order chi connectivity index (χ1) is 13.8. The predicted octanol–water partition coefficient (Wildman–Crippen LogP) is 4.10. The summed E-state index contributed by atoms with van der Waals surface area (Å²) >= 11 is 1.06. The van der Waals surface area contributed by atoms with Crippen molar-refractivity contribution in [2.24, 2.45) is 7.05 Å². The van der Waals surface area contributed by atoms with E-state index < -0.39 is 29.5 Å². The average molecular weight is 422 g/mol. The molecule has 1 heterocycles. The molecule has 10 heteroatoms. The van der Waals surface area contributed by atoms with Gasteiger partial charge < -0.3 is 14.6 Å². The molecule has 0 saturated carbocycles. The fraction of sp³-hybridized carbons (Fsp3) is 0.211. The summed E-state index contributed by atoms with van der Waals surface area (Å²) in [6.07, 6.45) is -0.589. The number of nitrogens with zero attached hydrogens (tertiary/aromatic N) is 3. The maximum absolute atomic E-state index is 13.7. The summed E-state index contributed by atoms with van der Waals surface area (Å²) < 4.78 is 47.7. The van der Waals surface area contributed by atoms with Crippen molar-refractivity contribution in [3.8, 4) is 5.75 Å². The molecule has 6 nitrogen and oxygen atoms in total. The molecule has 0 spiro atoms. The number of carbonyl (C=O) groups excluding carboxylic acids is 1. The van der Waals surface area contributed by atoms with Crippen molar-refractivity contribution in [3.63, 3.8) is 0 Å². The standard InChI is InChI=1S/C19H17F3N4O2S/c1-11(28-16-6-4-3-5-14(16)22)18-24-25-19(26(18)2)29-10-17(27)23-15-9-12(20)7-8-13(15)21/h3-9,11H,10H2,1-2H3,(H,23,27). The van der Waals surface area contributed by atoms with Gasteiger partial charge in [0.05, 0.1) is 11.4 Å². The van der Waals surface area contributed by atoms with Crippen LogP contribution in [0.25, 0.3) is 0 Å². The van der Waals surface area contributed by atoms with Crippen molar-refractivity contribution < 1.29 is 22.7 Å². The van der Waals surface area contributed by atoms with E-state index >= 15 is 0 Å². The molecule has 3 aromatic rings. The Kier molecular flexibility index (Phi) is 6.42. The molecule has 29 heavy (non-hydrogen) atoms. The van der Waals surface area contributed by atoms with Crippen LogP contribution in [0.1, 0.15) is 18.9 Å². The van der Waals surface area contributed by atoms with E-state index in [-0.39, 0.29) is 17.2 Å². The molecule has 1 atom stereocenters. The topological polar surface area (TPSA) is 69.0 Å². The van der Waals surface area contributed by atoms with Gasteiger partial charge in [-0.05, 0) is 31.2 Å². The number of thioether (sulfide) groups is 1. The third kappa shape index (κ3) is 5.08. The van der Waals surface area contributed by atoms with Gasteiger partial charge in [0.1, 0.15) is 11.6 Å². The Hall–Kier alpha value is -3.01. The number of rotatable bonds is 7. The van der Waals surface area contributed by atoms with Crippen molar-refractivity contribution in [3.05, 3.63) is 65.7 Å². The van der Waals surface area contributed by atoms with Crippen molar-refractivity contribution in [2.45, 2.75) is 18.2 Å². The minimum absolute atomic E-state index is 0.0914. The Labute approximate surface area is 169 Å². The molecule has 1 N–H and O–H groups in total. The molecule has 0 aliphatic carbocycles. The smallest absolute Gasteiger partial charge is 0.234 e. The lowest BCUT2D eigenvalue weighted by molar-refractivity contribution is -0.113. The molecule has 0 aliphatic rings. The molecule has 3 rings (SSSR count). The molecule has 0 aliphatic heterocycles. The number of ether oxygens (including phenoxy) is 1. The summed E-state index contributed by atoms with van der Waals surface area (Å²) in [4.78, 5) is 12.0. The molecule has 1 unspecified atom stereocenters. The number of anilines is 1. The molecule has 0 radical (unpaired) electrons. The van der Waals surface area contributed by atoms with E-state index in [0.717, 1.165) is 30.0 Å². The van der Waals surface area contributed by atoms with E-state index in [9.17, 15) is 18.0 Å². The maximum atomic E-state index is 13.7. The Morgan fingerprint density at radius 2 is 1.93 bits per heavy atom. The van der Waals surface area contributed by atoms with Crippen LogP contribution in [0.5, 0.6) is 5.75 Å². The zero-order valence-corrected chi connectivity index (χ0v) is 16.3. The molecule has 2 aromatic carbocycles. The van der Waals surface area contributed by atoms with Crippen LogP contribution in [-0.2, 0) is 11.8 Å². The lowest BCUT2D eigenvalue weighted by Gasteiger charge is -2.14. The number of carbonyl (C=O) groups is 1. The van der Waals surface area contributed by atoms with Crippen LogP contribution in [0.4, 0.5) is 18.9 Å². The van der Waals surface area contributed by atoms with Gasteiger partial charge in [-0.2, -0.15) is 0 Å². The maximum Gasteiger partial charge on any atom is 0.234 e. The summed E-state index contributed by atoms with van der Waals surface area (Å²) in [6.45, 7) is 1.70. The Morgan fingerprint density at radius 1 is 1.17 bits per heavy atom. The third-order valence-electron chi connectivity index (χ3n) is 3.91. The van der Waals surface area contributed by atoms with Crippen molar-refractivity contribution in [1.82, 2.24) is 14.8 Å². The zero-order valence-electron chi connectivity index (χ0n) is 15.5. The highest BCUT2D eigenvalue weighted by Crippen LogP contribution is 2.25. The van der Waals surface area contributed by atoms with Crippen LogP contribution in [0.15, 0.2) is 47.6 Å². The fourth-order valence-corrected chi connectivity index (χ4v) is 3.22. The monoisotopic (exact) mass is 422 g/mol. The minimum Gasteiger partial charge on any atom is -0.480 e. The molecular weight excluding hydrogens is 405 g/mol. The Balaban J connectivity index is 1.61. The number of hydrogen-bond acceptors (Lipinski definition) is 5. The van der Waals surface area contributed by atoms with Gasteiger partial charge in [-0.15, -0.1) is 10.2 Å². The average Bonchev–Trinajstić information content (AvgIpc) is 3.05. The second kappa shape index (κ2) is 8.99. The zero-order chi connectivity index (χ0) is 21.0. The first kappa shape index (κ1) is 20.7. The van der Waals surface area contributed by atoms with Gasteiger partial charge in [-0.1, -0.05) is 23.9 Å². The summed E-state index contributed by atoms with van der Waals surface area (Å²) in [5, 5.41) is 10.8. The number of nitrogens with one attached hydrogen (secondary N) is 1. The van der Waals surface area contributed by atoms with Crippen LogP contribution in [0.2, 0.25) is 0 Å². The van der Waals surface area contributed by atoms with Crippen molar-refractivity contribution in [1.29, 1.82) is 0 Å². The number of halogens is 3. The summed E-state index contributed by atoms with van der Waals surface area (Å²) in [6, 6.07) is 8.82. The molecule has 1 aromatic heterocycles. The van der Waals surface area contributed by atoms with E-state index in [2.05, 4.69) is 15.5 Å². The van der Waals surface area contributed by atoms with Crippen molar-refractivity contribution in [2.75, 3.05) is 11.1 Å². The number of benzene rings is 2. The van der Waals surface area contributed by atoms with E-state index in [4.69, 9.17) is 4.74 Å². The first-order valence-corrected chi connectivity index (χ1v) is 9.52. The first-order valence-electron chi connectivity index (χ1n) is 8.53. The number of para-hydroxylation sites is 1. The lowest BCUT2D eigenvalue weighted by atomic mass is 10.3. The summed E-state index contributed by atoms with van der Waals surface area (Å²) in [7, 11) is 1.68. The SMILES string of the molecule is CC(Oc1ccccc1F)c1nnc(SCC(=O)Nc2cc(F)ccc2F)n1C.